The standard InChI is InChI=1S/C24H26N2O3/c1-3-28-23-11-7-10-20(24(23)29-17-19-8-5-4-6-9-19)16-25-21-12-14-22(15-13-21)26-18(2)27/h4-15,25H,3,16-17H2,1-2H3,(H,26,27). The normalized spacial score (nSPS) is 10.3. The summed E-state index contributed by atoms with van der Waals surface area (Å²) < 4.78 is 11.9. The third-order valence-corrected chi connectivity index (χ3v) is 4.27. The van der Waals surface area contributed by atoms with Crippen LogP contribution in [-0.2, 0) is 17.9 Å². The van der Waals surface area contributed by atoms with Gasteiger partial charge in [0.25, 0.3) is 0 Å². The van der Waals surface area contributed by atoms with E-state index in [1.807, 2.05) is 79.7 Å². The van der Waals surface area contributed by atoms with Crippen LogP contribution in [0.1, 0.15) is 25.0 Å². The third-order valence-electron chi connectivity index (χ3n) is 4.27. The molecule has 29 heavy (non-hydrogen) atoms. The van der Waals surface area contributed by atoms with Gasteiger partial charge in [-0.25, -0.2) is 0 Å². The third kappa shape index (κ3) is 6.01. The smallest absolute Gasteiger partial charge is 0.221 e. The van der Waals surface area contributed by atoms with Gasteiger partial charge in [0.1, 0.15) is 6.61 Å². The summed E-state index contributed by atoms with van der Waals surface area (Å²) in [6.45, 7) is 5.09. The number of hydrogen-bond donors (Lipinski definition) is 2. The molecule has 3 rings (SSSR count). The Labute approximate surface area is 171 Å². The molecule has 0 unspecified atom stereocenters. The lowest BCUT2D eigenvalue weighted by atomic mass is 10.1. The molecule has 0 heterocycles. The van der Waals surface area contributed by atoms with Gasteiger partial charge in [0.15, 0.2) is 11.5 Å². The van der Waals surface area contributed by atoms with Crippen molar-refractivity contribution in [2.75, 3.05) is 17.2 Å². The number of anilines is 2. The second kappa shape index (κ2) is 10.2. The lowest BCUT2D eigenvalue weighted by Crippen LogP contribution is -2.07. The van der Waals surface area contributed by atoms with Crippen LogP contribution in [0.4, 0.5) is 11.4 Å². The summed E-state index contributed by atoms with van der Waals surface area (Å²) in [6.07, 6.45) is 0. The van der Waals surface area contributed by atoms with Crippen molar-refractivity contribution in [2.45, 2.75) is 27.0 Å². The molecule has 3 aromatic carbocycles. The van der Waals surface area contributed by atoms with E-state index in [1.165, 1.54) is 6.92 Å². The molecule has 0 radical (unpaired) electrons. The van der Waals surface area contributed by atoms with Gasteiger partial charge in [0.2, 0.25) is 5.91 Å². The Bertz CT molecular complexity index is 925. The number of carbonyl (C=O) groups excluding carboxylic acids is 1. The van der Waals surface area contributed by atoms with E-state index >= 15 is 0 Å². The summed E-state index contributed by atoms with van der Waals surface area (Å²) in [5.41, 5.74) is 3.84. The maximum absolute atomic E-state index is 11.1. The second-order valence-electron chi connectivity index (χ2n) is 6.56. The van der Waals surface area contributed by atoms with E-state index in [1.54, 1.807) is 0 Å². The quantitative estimate of drug-likeness (QED) is 0.525. The predicted molar refractivity (Wildman–Crippen MR) is 116 cm³/mol. The Hall–Kier alpha value is -3.47. The minimum Gasteiger partial charge on any atom is -0.490 e. The summed E-state index contributed by atoms with van der Waals surface area (Å²) in [5.74, 6) is 1.41. The number of benzene rings is 3. The highest BCUT2D eigenvalue weighted by Crippen LogP contribution is 2.33. The molecule has 0 atom stereocenters. The van der Waals surface area contributed by atoms with Gasteiger partial charge in [-0.15, -0.1) is 0 Å². The number of rotatable bonds is 9. The Balaban J connectivity index is 1.72. The first kappa shape index (κ1) is 20.3. The van der Waals surface area contributed by atoms with Crippen molar-refractivity contribution < 1.29 is 14.3 Å². The minimum absolute atomic E-state index is 0.0846. The molecule has 5 heteroatoms. The van der Waals surface area contributed by atoms with E-state index in [2.05, 4.69) is 10.6 Å². The second-order valence-corrected chi connectivity index (χ2v) is 6.56. The van der Waals surface area contributed by atoms with Gasteiger partial charge in [0, 0.05) is 30.4 Å². The molecule has 0 aliphatic carbocycles. The first-order valence-corrected chi connectivity index (χ1v) is 9.68. The molecular weight excluding hydrogens is 364 g/mol. The van der Waals surface area contributed by atoms with Crippen LogP contribution < -0.4 is 20.1 Å². The van der Waals surface area contributed by atoms with E-state index in [0.717, 1.165) is 34.0 Å². The van der Waals surface area contributed by atoms with Crippen molar-refractivity contribution in [2.24, 2.45) is 0 Å². The van der Waals surface area contributed by atoms with E-state index in [9.17, 15) is 4.79 Å². The maximum atomic E-state index is 11.1. The number of carbonyl (C=O) groups is 1. The van der Waals surface area contributed by atoms with Gasteiger partial charge in [-0.05, 0) is 42.8 Å². The van der Waals surface area contributed by atoms with Gasteiger partial charge in [-0.2, -0.15) is 0 Å². The van der Waals surface area contributed by atoms with Gasteiger partial charge in [-0.1, -0.05) is 42.5 Å². The van der Waals surface area contributed by atoms with Crippen molar-refractivity contribution >= 4 is 17.3 Å². The van der Waals surface area contributed by atoms with Gasteiger partial charge < -0.3 is 20.1 Å². The molecule has 1 amide bonds. The average molecular weight is 390 g/mol. The molecule has 0 bridgehead atoms. The molecule has 0 aliphatic heterocycles. The average Bonchev–Trinajstić information content (AvgIpc) is 2.73. The number of ether oxygens (including phenoxy) is 2. The molecule has 150 valence electrons. The molecule has 2 N–H and O–H groups in total. The number of amides is 1. The van der Waals surface area contributed by atoms with Crippen LogP contribution in [0, 0.1) is 0 Å². The number of para-hydroxylation sites is 1. The topological polar surface area (TPSA) is 59.6 Å². The summed E-state index contributed by atoms with van der Waals surface area (Å²) in [7, 11) is 0. The van der Waals surface area contributed by atoms with Crippen molar-refractivity contribution in [3.05, 3.63) is 83.9 Å². The summed E-state index contributed by atoms with van der Waals surface area (Å²) in [6, 6.07) is 23.6. The van der Waals surface area contributed by atoms with Gasteiger partial charge in [0.05, 0.1) is 6.61 Å². The van der Waals surface area contributed by atoms with E-state index < -0.39 is 0 Å². The van der Waals surface area contributed by atoms with Crippen LogP contribution in [0.3, 0.4) is 0 Å². The van der Waals surface area contributed by atoms with Crippen LogP contribution in [0.2, 0.25) is 0 Å². The Morgan fingerprint density at radius 2 is 1.59 bits per heavy atom. The molecule has 0 aliphatic rings. The zero-order chi connectivity index (χ0) is 20.5. The fourth-order valence-corrected chi connectivity index (χ4v) is 2.94. The first-order valence-electron chi connectivity index (χ1n) is 9.68. The SMILES string of the molecule is CCOc1cccc(CNc2ccc(NC(C)=O)cc2)c1OCc1ccccc1. The van der Waals surface area contributed by atoms with Crippen molar-refractivity contribution in [1.82, 2.24) is 0 Å². The van der Waals surface area contributed by atoms with Crippen LogP contribution in [0.5, 0.6) is 11.5 Å². The molecule has 0 saturated heterocycles. The lowest BCUT2D eigenvalue weighted by Gasteiger charge is -2.17. The highest BCUT2D eigenvalue weighted by atomic mass is 16.5. The maximum Gasteiger partial charge on any atom is 0.221 e. The molecule has 0 saturated carbocycles. The van der Waals surface area contributed by atoms with Gasteiger partial charge in [-0.3, -0.25) is 4.79 Å². The largest absolute Gasteiger partial charge is 0.490 e. The predicted octanol–water partition coefficient (Wildman–Crippen LogP) is 5.23. The zero-order valence-electron chi connectivity index (χ0n) is 16.8. The molecule has 5 nitrogen and oxygen atoms in total. The molecule has 0 fully saturated rings. The van der Waals surface area contributed by atoms with Crippen molar-refractivity contribution in [3.63, 3.8) is 0 Å². The van der Waals surface area contributed by atoms with Crippen molar-refractivity contribution in [1.29, 1.82) is 0 Å². The van der Waals surface area contributed by atoms with Crippen molar-refractivity contribution in [3.8, 4) is 11.5 Å². The monoisotopic (exact) mass is 390 g/mol. The van der Waals surface area contributed by atoms with E-state index in [4.69, 9.17) is 9.47 Å². The van der Waals surface area contributed by atoms with E-state index in [-0.39, 0.29) is 5.91 Å². The summed E-state index contributed by atoms with van der Waals surface area (Å²) in [4.78, 5) is 11.1. The van der Waals surface area contributed by atoms with Crippen LogP contribution in [0.15, 0.2) is 72.8 Å². The van der Waals surface area contributed by atoms with Crippen LogP contribution in [-0.4, -0.2) is 12.5 Å². The molecule has 0 spiro atoms. The Morgan fingerprint density at radius 3 is 2.28 bits per heavy atom. The van der Waals surface area contributed by atoms with Gasteiger partial charge >= 0.3 is 0 Å². The fraction of sp³-hybridized carbons (Fsp3) is 0.208. The number of hydrogen-bond acceptors (Lipinski definition) is 4. The zero-order valence-corrected chi connectivity index (χ0v) is 16.8. The minimum atomic E-state index is -0.0846. The fourth-order valence-electron chi connectivity index (χ4n) is 2.94. The highest BCUT2D eigenvalue weighted by molar-refractivity contribution is 5.88. The number of nitrogens with one attached hydrogen (secondary N) is 2. The molecular formula is C24H26N2O3. The van der Waals surface area contributed by atoms with E-state index in [0.29, 0.717) is 19.8 Å². The lowest BCUT2D eigenvalue weighted by molar-refractivity contribution is -0.114. The Morgan fingerprint density at radius 1 is 0.862 bits per heavy atom. The molecule has 3 aromatic rings. The summed E-state index contributed by atoms with van der Waals surface area (Å²) in [5, 5.41) is 6.17. The highest BCUT2D eigenvalue weighted by Gasteiger charge is 2.11. The van der Waals surface area contributed by atoms with Crippen LogP contribution in [0.25, 0.3) is 0 Å². The van der Waals surface area contributed by atoms with Crippen LogP contribution >= 0.6 is 0 Å². The first-order chi connectivity index (χ1) is 14.2. The molecule has 0 aromatic heterocycles. The summed E-state index contributed by atoms with van der Waals surface area (Å²) >= 11 is 0. The Kier molecular flexibility index (Phi) is 7.11.